The first-order valence-electron chi connectivity index (χ1n) is 11.5. The van der Waals surface area contributed by atoms with Gasteiger partial charge in [-0.05, 0) is 36.3 Å². The third-order valence-corrected chi connectivity index (χ3v) is 7.83. The van der Waals surface area contributed by atoms with E-state index in [1.54, 1.807) is 37.3 Å². The van der Waals surface area contributed by atoms with E-state index in [1.165, 1.54) is 17.3 Å². The van der Waals surface area contributed by atoms with Gasteiger partial charge in [0.15, 0.2) is 11.6 Å². The first kappa shape index (κ1) is 26.5. The lowest BCUT2D eigenvalue weighted by Crippen LogP contribution is -2.53. The molecule has 4 aromatic rings. The van der Waals surface area contributed by atoms with E-state index in [-0.39, 0.29) is 25.7 Å². The van der Waals surface area contributed by atoms with E-state index >= 15 is 0 Å². The predicted octanol–water partition coefficient (Wildman–Crippen LogP) is 6.10. The van der Waals surface area contributed by atoms with E-state index in [0.29, 0.717) is 32.9 Å². The van der Waals surface area contributed by atoms with Crippen LogP contribution in [0.3, 0.4) is 0 Å². The molecule has 0 radical (unpaired) electrons. The largest absolute Gasteiger partial charge is 0.612 e. The monoisotopic (exact) mass is 566 g/mol. The fourth-order valence-corrected chi connectivity index (χ4v) is 5.90. The first-order chi connectivity index (χ1) is 18.1. The highest BCUT2D eigenvalue weighted by atomic mass is 35.5. The topological polar surface area (TPSA) is 55.3 Å². The van der Waals surface area contributed by atoms with Crippen molar-refractivity contribution in [2.75, 3.05) is 35.7 Å². The highest BCUT2D eigenvalue weighted by Crippen LogP contribution is 2.39. The second-order valence-electron chi connectivity index (χ2n) is 8.90. The number of hydrogen-bond acceptors (Lipinski definition) is 5. The van der Waals surface area contributed by atoms with E-state index in [1.807, 2.05) is 4.90 Å². The first-order valence-corrected chi connectivity index (χ1v) is 13.4. The summed E-state index contributed by atoms with van der Waals surface area (Å²) in [5.74, 6) is -7.13. The number of rotatable bonds is 4. The molecule has 1 aromatic heterocycles. The lowest BCUT2D eigenvalue weighted by molar-refractivity contribution is 0.393. The zero-order chi connectivity index (χ0) is 27.3. The van der Waals surface area contributed by atoms with Crippen LogP contribution >= 0.6 is 11.6 Å². The quantitative estimate of drug-likeness (QED) is 0.129. The van der Waals surface area contributed by atoms with Gasteiger partial charge >= 0.3 is 0 Å². The number of anilines is 2. The molecule has 1 aliphatic heterocycles. The molecule has 0 saturated carbocycles. The molecule has 1 unspecified atom stereocenters. The third-order valence-electron chi connectivity index (χ3n) is 6.57. The number of piperazine rings is 1. The summed E-state index contributed by atoms with van der Waals surface area (Å²) >= 11 is 4.43. The van der Waals surface area contributed by atoms with Crippen LogP contribution < -0.4 is 9.80 Å². The maximum Gasteiger partial charge on any atom is 0.219 e. The normalized spacial score (nSPS) is 16.8. The Morgan fingerprint density at radius 1 is 0.947 bits per heavy atom. The fourth-order valence-electron chi connectivity index (χ4n) is 4.80. The Kier molecular flexibility index (Phi) is 7.10. The molecule has 0 bridgehead atoms. The maximum absolute atomic E-state index is 14.8. The van der Waals surface area contributed by atoms with E-state index < -0.39 is 50.8 Å². The number of aromatic nitrogens is 2. The highest BCUT2D eigenvalue weighted by Gasteiger charge is 2.37. The van der Waals surface area contributed by atoms with Crippen molar-refractivity contribution in [2.24, 2.45) is 0 Å². The average molecular weight is 567 g/mol. The van der Waals surface area contributed by atoms with Gasteiger partial charge in [-0.1, -0.05) is 29.8 Å². The van der Waals surface area contributed by atoms with Crippen LogP contribution in [0.5, 0.6) is 0 Å². The van der Waals surface area contributed by atoms with Crippen molar-refractivity contribution in [3.8, 4) is 11.1 Å². The van der Waals surface area contributed by atoms with E-state index in [4.69, 9.17) is 11.6 Å². The Morgan fingerprint density at radius 2 is 1.66 bits per heavy atom. The lowest BCUT2D eigenvalue weighted by Gasteiger charge is -2.42. The molecule has 3 aromatic carbocycles. The van der Waals surface area contributed by atoms with Crippen molar-refractivity contribution < 1.29 is 26.5 Å². The summed E-state index contributed by atoms with van der Waals surface area (Å²) in [4.78, 5) is 11.3. The van der Waals surface area contributed by atoms with Gasteiger partial charge in [0.25, 0.3) is 0 Å². The summed E-state index contributed by atoms with van der Waals surface area (Å²) in [5.41, 5.74) is 0.755. The van der Waals surface area contributed by atoms with Gasteiger partial charge in [0, 0.05) is 47.2 Å². The van der Waals surface area contributed by atoms with Crippen molar-refractivity contribution in [1.82, 2.24) is 9.97 Å². The average Bonchev–Trinajstić information content (AvgIpc) is 2.89. The van der Waals surface area contributed by atoms with E-state index in [0.717, 1.165) is 6.26 Å². The van der Waals surface area contributed by atoms with Crippen LogP contribution in [0, 0.1) is 29.1 Å². The van der Waals surface area contributed by atoms with Gasteiger partial charge in [-0.15, -0.1) is 0 Å². The Hall–Kier alpha value is -3.15. The number of benzene rings is 3. The van der Waals surface area contributed by atoms with Crippen molar-refractivity contribution >= 4 is 45.2 Å². The Labute approximate surface area is 223 Å². The summed E-state index contributed by atoms with van der Waals surface area (Å²) in [6.07, 6.45) is 2.43. The summed E-state index contributed by atoms with van der Waals surface area (Å²) in [6, 6.07) is 9.18. The van der Waals surface area contributed by atoms with E-state index in [2.05, 4.69) is 9.97 Å². The number of hydrogen-bond donors (Lipinski definition) is 0. The molecule has 12 heteroatoms. The molecule has 0 amide bonds. The minimum atomic E-state index is -2.12. The van der Waals surface area contributed by atoms with Gasteiger partial charge in [0.1, 0.15) is 29.9 Å². The minimum Gasteiger partial charge on any atom is -0.612 e. The maximum atomic E-state index is 14.8. The van der Waals surface area contributed by atoms with Gasteiger partial charge in [-0.3, -0.25) is 0 Å². The standard InChI is InChI=1S/C26H20ClF5N4OS/c1-13-11-35(24-22(31)20(29)21(30)23(32)25(24)38(2)37)7-8-36(13)26-16-9-17(27)15(10-19(16)33-12-34-26)14-5-3-4-6-18(14)28/h3-6,9-10,12-13H,7-8,11H2,1-2H3/t13-,38?/m0/s1. The van der Waals surface area contributed by atoms with Crippen LogP contribution in [0.15, 0.2) is 47.6 Å². The molecule has 0 spiro atoms. The number of nitrogens with zero attached hydrogens (tertiary/aromatic N) is 4. The number of fused-ring (bicyclic) bond motifs is 1. The second kappa shape index (κ2) is 10.2. The van der Waals surface area contributed by atoms with Crippen LogP contribution in [-0.4, -0.2) is 46.5 Å². The predicted molar refractivity (Wildman–Crippen MR) is 138 cm³/mol. The van der Waals surface area contributed by atoms with Crippen molar-refractivity contribution in [3.05, 3.63) is 76.8 Å². The highest BCUT2D eigenvalue weighted by molar-refractivity contribution is 7.90. The number of halogens is 6. The third kappa shape index (κ3) is 4.42. The van der Waals surface area contributed by atoms with Gasteiger partial charge < -0.3 is 14.4 Å². The molecule has 0 N–H and O–H groups in total. The molecule has 0 aliphatic carbocycles. The summed E-state index contributed by atoms with van der Waals surface area (Å²) in [7, 11) is 0. The lowest BCUT2D eigenvalue weighted by atomic mass is 10.0. The molecule has 1 saturated heterocycles. The summed E-state index contributed by atoms with van der Waals surface area (Å²) in [5, 5.41) is 0.887. The van der Waals surface area contributed by atoms with Crippen LogP contribution in [0.1, 0.15) is 6.92 Å². The van der Waals surface area contributed by atoms with Gasteiger partial charge in [0.2, 0.25) is 16.5 Å². The molecule has 5 rings (SSSR count). The minimum absolute atomic E-state index is 0.0676. The molecule has 2 atom stereocenters. The molecular weight excluding hydrogens is 547 g/mol. The summed E-state index contributed by atoms with van der Waals surface area (Å²) in [6.45, 7) is 2.17. The summed E-state index contributed by atoms with van der Waals surface area (Å²) < 4.78 is 83.8. The zero-order valence-corrected chi connectivity index (χ0v) is 21.7. The molecule has 5 nitrogen and oxygen atoms in total. The Balaban J connectivity index is 1.51. The molecule has 38 heavy (non-hydrogen) atoms. The second-order valence-corrected chi connectivity index (χ2v) is 10.6. The smallest absolute Gasteiger partial charge is 0.219 e. The van der Waals surface area contributed by atoms with Crippen molar-refractivity contribution in [1.29, 1.82) is 0 Å². The molecule has 198 valence electrons. The Bertz CT molecular complexity index is 1560. The van der Waals surface area contributed by atoms with Crippen LogP contribution in [0.2, 0.25) is 5.02 Å². The molecule has 1 aliphatic rings. The van der Waals surface area contributed by atoms with E-state index in [9.17, 15) is 26.5 Å². The molecule has 1 fully saturated rings. The molecule has 2 heterocycles. The van der Waals surface area contributed by atoms with Gasteiger partial charge in [-0.2, -0.15) is 4.39 Å². The van der Waals surface area contributed by atoms with Crippen LogP contribution in [-0.2, 0) is 11.2 Å². The Morgan fingerprint density at radius 3 is 2.34 bits per heavy atom. The fraction of sp³-hybridized carbons (Fsp3) is 0.231. The SMILES string of the molecule is C[C@H]1CN(c2c(F)c(F)c(F)c(F)c2[S+](C)[O-])CCN1c1ncnc2cc(-c3ccccc3F)c(Cl)cc12. The van der Waals surface area contributed by atoms with Crippen LogP contribution in [0.25, 0.3) is 22.0 Å². The van der Waals surface area contributed by atoms with Gasteiger partial charge in [0.05, 0.1) is 5.52 Å². The van der Waals surface area contributed by atoms with Crippen molar-refractivity contribution in [3.63, 3.8) is 0 Å². The molecular formula is C26H20ClF5N4OS. The van der Waals surface area contributed by atoms with Crippen LogP contribution in [0.4, 0.5) is 33.5 Å². The van der Waals surface area contributed by atoms with Gasteiger partial charge in [-0.25, -0.2) is 27.5 Å². The zero-order valence-electron chi connectivity index (χ0n) is 20.1. The van der Waals surface area contributed by atoms with Crippen molar-refractivity contribution in [2.45, 2.75) is 17.9 Å².